The monoisotopic (exact) mass is 341 g/mol. The predicted molar refractivity (Wildman–Crippen MR) is 100 cm³/mol. The Morgan fingerprint density at radius 1 is 0.920 bits per heavy atom. The smallest absolute Gasteiger partial charge is 0.161 e. The van der Waals surface area contributed by atoms with Gasteiger partial charge in [-0.1, -0.05) is 6.07 Å². The van der Waals surface area contributed by atoms with Crippen molar-refractivity contribution in [3.05, 3.63) is 52.1 Å². The van der Waals surface area contributed by atoms with Crippen LogP contribution in [0.3, 0.4) is 0 Å². The lowest BCUT2D eigenvalue weighted by Gasteiger charge is -2.30. The van der Waals surface area contributed by atoms with Crippen molar-refractivity contribution in [2.45, 2.75) is 33.2 Å². The number of methoxy groups -OCH3 is 2. The number of nitrogens with one attached hydrogen (secondary N) is 1. The third-order valence-electron chi connectivity index (χ3n) is 4.94. The molecule has 0 amide bonds. The topological polar surface area (TPSA) is 39.7 Å². The Hall–Kier alpha value is -2.20. The van der Waals surface area contributed by atoms with Crippen LogP contribution in [0.1, 0.15) is 40.8 Å². The maximum absolute atomic E-state index is 5.79. The number of rotatable bonds is 5. The molecule has 0 radical (unpaired) electrons. The summed E-state index contributed by atoms with van der Waals surface area (Å²) in [6.45, 7) is 7.77. The zero-order chi connectivity index (χ0) is 18.0. The highest BCUT2D eigenvalue weighted by Gasteiger charge is 2.26. The second kappa shape index (κ2) is 7.36. The zero-order valence-electron chi connectivity index (χ0n) is 15.7. The van der Waals surface area contributed by atoms with Gasteiger partial charge in [-0.3, -0.25) is 0 Å². The maximum Gasteiger partial charge on any atom is 0.161 e. The Morgan fingerprint density at radius 2 is 1.64 bits per heavy atom. The van der Waals surface area contributed by atoms with E-state index in [2.05, 4.69) is 43.4 Å². The van der Waals surface area contributed by atoms with Crippen LogP contribution in [0.25, 0.3) is 0 Å². The predicted octanol–water partition coefficient (Wildman–Crippen LogP) is 3.95. The number of fused-ring (bicyclic) bond motifs is 1. The lowest BCUT2D eigenvalue weighted by molar-refractivity contribution is 0.309. The van der Waals surface area contributed by atoms with Gasteiger partial charge in [0.2, 0.25) is 0 Å². The van der Waals surface area contributed by atoms with Gasteiger partial charge in [0.1, 0.15) is 5.75 Å². The second-order valence-electron chi connectivity index (χ2n) is 6.45. The van der Waals surface area contributed by atoms with Gasteiger partial charge in [-0.25, -0.2) is 0 Å². The summed E-state index contributed by atoms with van der Waals surface area (Å²) < 4.78 is 17.0. The SMILES string of the molecule is CCOc1cc2c(cc1OC)CCNC2c1cc(C)c(C)cc1OC. The van der Waals surface area contributed by atoms with Crippen LogP contribution >= 0.6 is 0 Å². The molecule has 1 heterocycles. The molecule has 3 rings (SSSR count). The molecular formula is C21H27NO3. The Labute approximate surface area is 150 Å². The van der Waals surface area contributed by atoms with Crippen LogP contribution in [0.15, 0.2) is 24.3 Å². The van der Waals surface area contributed by atoms with Gasteiger partial charge in [0.25, 0.3) is 0 Å². The van der Waals surface area contributed by atoms with E-state index in [9.17, 15) is 0 Å². The molecule has 1 aliphatic rings. The third kappa shape index (κ3) is 3.31. The molecule has 2 aromatic carbocycles. The fraction of sp³-hybridized carbons (Fsp3) is 0.429. The molecular weight excluding hydrogens is 314 g/mol. The van der Waals surface area contributed by atoms with E-state index < -0.39 is 0 Å². The lowest BCUT2D eigenvalue weighted by atomic mass is 9.87. The first kappa shape index (κ1) is 17.6. The Kier molecular flexibility index (Phi) is 5.19. The normalized spacial score (nSPS) is 16.3. The molecule has 2 aromatic rings. The highest BCUT2D eigenvalue weighted by molar-refractivity contribution is 5.54. The quantitative estimate of drug-likeness (QED) is 0.894. The van der Waals surface area contributed by atoms with Crippen LogP contribution < -0.4 is 19.5 Å². The average molecular weight is 341 g/mol. The number of benzene rings is 2. The summed E-state index contributed by atoms with van der Waals surface area (Å²) >= 11 is 0. The third-order valence-corrected chi connectivity index (χ3v) is 4.94. The number of hydrogen-bond donors (Lipinski definition) is 1. The van der Waals surface area contributed by atoms with E-state index in [4.69, 9.17) is 14.2 Å². The van der Waals surface area contributed by atoms with E-state index in [0.29, 0.717) is 6.61 Å². The van der Waals surface area contributed by atoms with Crippen molar-refractivity contribution < 1.29 is 14.2 Å². The average Bonchev–Trinajstić information content (AvgIpc) is 2.63. The van der Waals surface area contributed by atoms with Crippen LogP contribution in [-0.2, 0) is 6.42 Å². The van der Waals surface area contributed by atoms with E-state index in [-0.39, 0.29) is 6.04 Å². The van der Waals surface area contributed by atoms with Gasteiger partial charge in [0, 0.05) is 12.1 Å². The van der Waals surface area contributed by atoms with Gasteiger partial charge in [-0.2, -0.15) is 0 Å². The minimum absolute atomic E-state index is 0.0862. The second-order valence-corrected chi connectivity index (χ2v) is 6.45. The van der Waals surface area contributed by atoms with Gasteiger partial charge in [0.15, 0.2) is 11.5 Å². The van der Waals surface area contributed by atoms with Gasteiger partial charge in [-0.05, 0) is 67.6 Å². The Morgan fingerprint density at radius 3 is 2.32 bits per heavy atom. The van der Waals surface area contributed by atoms with Crippen molar-refractivity contribution in [2.75, 3.05) is 27.4 Å². The number of ether oxygens (including phenoxy) is 3. The number of hydrogen-bond acceptors (Lipinski definition) is 4. The molecule has 0 saturated carbocycles. The van der Waals surface area contributed by atoms with Crippen LogP contribution in [0.2, 0.25) is 0 Å². The van der Waals surface area contributed by atoms with E-state index in [1.807, 2.05) is 6.92 Å². The van der Waals surface area contributed by atoms with Gasteiger partial charge in [0.05, 0.1) is 26.9 Å². The van der Waals surface area contributed by atoms with Crippen LogP contribution in [-0.4, -0.2) is 27.4 Å². The molecule has 134 valence electrons. The van der Waals surface area contributed by atoms with Crippen molar-refractivity contribution >= 4 is 0 Å². The van der Waals surface area contributed by atoms with Crippen molar-refractivity contribution in [2.24, 2.45) is 0 Å². The van der Waals surface area contributed by atoms with Crippen molar-refractivity contribution in [1.82, 2.24) is 5.32 Å². The minimum atomic E-state index is 0.0862. The molecule has 1 unspecified atom stereocenters. The van der Waals surface area contributed by atoms with Crippen LogP contribution in [0.5, 0.6) is 17.2 Å². The van der Waals surface area contributed by atoms with E-state index >= 15 is 0 Å². The van der Waals surface area contributed by atoms with E-state index in [1.165, 1.54) is 27.8 Å². The molecule has 0 aromatic heterocycles. The lowest BCUT2D eigenvalue weighted by Crippen LogP contribution is -2.31. The molecule has 4 heteroatoms. The Balaban J connectivity index is 2.13. The summed E-state index contributed by atoms with van der Waals surface area (Å²) in [7, 11) is 3.42. The minimum Gasteiger partial charge on any atom is -0.496 e. The maximum atomic E-state index is 5.79. The molecule has 1 N–H and O–H groups in total. The first-order valence-electron chi connectivity index (χ1n) is 8.81. The van der Waals surface area contributed by atoms with E-state index in [0.717, 1.165) is 30.2 Å². The molecule has 0 fully saturated rings. The number of aryl methyl sites for hydroxylation is 2. The fourth-order valence-corrected chi connectivity index (χ4v) is 3.48. The molecule has 0 aliphatic carbocycles. The molecule has 0 saturated heterocycles. The molecule has 1 aliphatic heterocycles. The summed E-state index contributed by atoms with van der Waals surface area (Å²) in [5.74, 6) is 2.51. The zero-order valence-corrected chi connectivity index (χ0v) is 15.7. The summed E-state index contributed by atoms with van der Waals surface area (Å²) in [6.07, 6.45) is 0.974. The molecule has 4 nitrogen and oxygen atoms in total. The standard InChI is InChI=1S/C21H27NO3/c1-6-25-20-12-16-15(11-19(20)24-5)7-8-22-21(16)17-9-13(2)14(3)10-18(17)23-4/h9-12,21-22H,6-8H2,1-5H3. The summed E-state index contributed by atoms with van der Waals surface area (Å²) in [6, 6.07) is 8.66. The fourth-order valence-electron chi connectivity index (χ4n) is 3.48. The van der Waals surface area contributed by atoms with Gasteiger partial charge in [-0.15, -0.1) is 0 Å². The summed E-state index contributed by atoms with van der Waals surface area (Å²) in [5.41, 5.74) is 6.20. The molecule has 0 bridgehead atoms. The van der Waals surface area contributed by atoms with Gasteiger partial charge >= 0.3 is 0 Å². The largest absolute Gasteiger partial charge is 0.496 e. The van der Waals surface area contributed by atoms with Crippen molar-refractivity contribution in [3.8, 4) is 17.2 Å². The molecule has 1 atom stereocenters. The molecule has 25 heavy (non-hydrogen) atoms. The summed E-state index contributed by atoms with van der Waals surface area (Å²) in [5, 5.41) is 3.64. The van der Waals surface area contributed by atoms with Crippen LogP contribution in [0.4, 0.5) is 0 Å². The Bertz CT molecular complexity index is 770. The first-order chi connectivity index (χ1) is 12.1. The summed E-state index contributed by atoms with van der Waals surface area (Å²) in [4.78, 5) is 0. The van der Waals surface area contributed by atoms with Crippen molar-refractivity contribution in [1.29, 1.82) is 0 Å². The highest BCUT2D eigenvalue weighted by Crippen LogP contribution is 2.40. The first-order valence-corrected chi connectivity index (χ1v) is 8.81. The van der Waals surface area contributed by atoms with E-state index in [1.54, 1.807) is 14.2 Å². The highest BCUT2D eigenvalue weighted by atomic mass is 16.5. The van der Waals surface area contributed by atoms with Gasteiger partial charge < -0.3 is 19.5 Å². The molecule has 0 spiro atoms. The van der Waals surface area contributed by atoms with Crippen LogP contribution in [0, 0.1) is 13.8 Å². The van der Waals surface area contributed by atoms with Crippen molar-refractivity contribution in [3.63, 3.8) is 0 Å².